The van der Waals surface area contributed by atoms with Gasteiger partial charge in [0.15, 0.2) is 5.84 Å². The Bertz CT molecular complexity index is 234. The highest BCUT2D eigenvalue weighted by atomic mass is 16.4. The Balaban J connectivity index is 2.37. The monoisotopic (exact) mass is 228 g/mol. The molecule has 0 spiro atoms. The predicted molar refractivity (Wildman–Crippen MR) is 65.7 cm³/mol. The molecule has 5 nitrogen and oxygen atoms in total. The number of nitrogens with two attached hydrogens (primary N) is 1. The summed E-state index contributed by atoms with van der Waals surface area (Å²) in [5.41, 5.74) is 5.61. The van der Waals surface area contributed by atoms with E-state index in [0.717, 1.165) is 25.6 Å². The van der Waals surface area contributed by atoms with Gasteiger partial charge in [-0.05, 0) is 52.9 Å². The minimum absolute atomic E-state index is 0.0466. The summed E-state index contributed by atoms with van der Waals surface area (Å²) in [6, 6.07) is 0.0466. The van der Waals surface area contributed by atoms with Crippen LogP contribution in [0, 0.1) is 5.92 Å². The van der Waals surface area contributed by atoms with Crippen LogP contribution in [0.5, 0.6) is 0 Å². The molecule has 94 valence electrons. The maximum atomic E-state index is 8.64. The van der Waals surface area contributed by atoms with Gasteiger partial charge < -0.3 is 15.8 Å². The lowest BCUT2D eigenvalue weighted by Crippen LogP contribution is -2.47. The largest absolute Gasteiger partial charge is 0.409 e. The molecule has 16 heavy (non-hydrogen) atoms. The molecule has 1 rings (SSSR count). The molecule has 1 aliphatic heterocycles. The van der Waals surface area contributed by atoms with Crippen molar-refractivity contribution >= 4 is 5.84 Å². The molecule has 0 aromatic heterocycles. The minimum atomic E-state index is 0.0466. The van der Waals surface area contributed by atoms with Crippen molar-refractivity contribution in [1.82, 2.24) is 9.80 Å². The highest BCUT2D eigenvalue weighted by Gasteiger charge is 2.24. The fourth-order valence-corrected chi connectivity index (χ4v) is 2.31. The SMILES string of the molecule is CC(C(N)=NO)N1CCC(CN(C)C)CC1. The van der Waals surface area contributed by atoms with Crippen molar-refractivity contribution in [2.45, 2.75) is 25.8 Å². The summed E-state index contributed by atoms with van der Waals surface area (Å²) in [5, 5.41) is 11.7. The molecule has 1 unspecified atom stereocenters. The third-order valence-corrected chi connectivity index (χ3v) is 3.36. The van der Waals surface area contributed by atoms with Crippen molar-refractivity contribution < 1.29 is 5.21 Å². The minimum Gasteiger partial charge on any atom is -0.409 e. The Morgan fingerprint density at radius 3 is 2.50 bits per heavy atom. The van der Waals surface area contributed by atoms with Gasteiger partial charge >= 0.3 is 0 Å². The van der Waals surface area contributed by atoms with Gasteiger partial charge in [-0.15, -0.1) is 0 Å². The van der Waals surface area contributed by atoms with Crippen LogP contribution in [0.4, 0.5) is 0 Å². The van der Waals surface area contributed by atoms with Crippen molar-refractivity contribution in [3.05, 3.63) is 0 Å². The quantitative estimate of drug-likeness (QED) is 0.316. The number of piperidine rings is 1. The van der Waals surface area contributed by atoms with Crippen LogP contribution in [0.2, 0.25) is 0 Å². The zero-order valence-electron chi connectivity index (χ0n) is 10.6. The maximum Gasteiger partial charge on any atom is 0.156 e. The van der Waals surface area contributed by atoms with E-state index in [1.54, 1.807) is 0 Å². The normalized spacial score (nSPS) is 22.6. The number of likely N-dealkylation sites (tertiary alicyclic amines) is 1. The van der Waals surface area contributed by atoms with Crippen LogP contribution in [0.25, 0.3) is 0 Å². The van der Waals surface area contributed by atoms with Gasteiger partial charge in [-0.25, -0.2) is 0 Å². The van der Waals surface area contributed by atoms with Gasteiger partial charge in [-0.3, -0.25) is 4.90 Å². The third kappa shape index (κ3) is 3.64. The zero-order valence-corrected chi connectivity index (χ0v) is 10.6. The average Bonchev–Trinajstić information content (AvgIpc) is 2.27. The van der Waals surface area contributed by atoms with Gasteiger partial charge in [-0.1, -0.05) is 5.16 Å². The van der Waals surface area contributed by atoms with E-state index in [1.807, 2.05) is 6.92 Å². The first kappa shape index (κ1) is 13.3. The fourth-order valence-electron chi connectivity index (χ4n) is 2.31. The molecule has 0 radical (unpaired) electrons. The van der Waals surface area contributed by atoms with E-state index in [0.29, 0.717) is 5.84 Å². The van der Waals surface area contributed by atoms with Crippen molar-refractivity contribution in [3.8, 4) is 0 Å². The van der Waals surface area contributed by atoms with E-state index in [1.165, 1.54) is 12.8 Å². The highest BCUT2D eigenvalue weighted by Crippen LogP contribution is 2.19. The molecule has 0 aromatic rings. The Kier molecular flexibility index (Phi) is 5.02. The molecule has 0 aliphatic carbocycles. The third-order valence-electron chi connectivity index (χ3n) is 3.36. The van der Waals surface area contributed by atoms with E-state index >= 15 is 0 Å². The van der Waals surface area contributed by atoms with Gasteiger partial charge in [0, 0.05) is 6.54 Å². The molecule has 0 bridgehead atoms. The van der Waals surface area contributed by atoms with E-state index < -0.39 is 0 Å². The Hall–Kier alpha value is -0.810. The number of amidine groups is 1. The first-order valence-corrected chi connectivity index (χ1v) is 5.90. The van der Waals surface area contributed by atoms with Crippen LogP contribution in [-0.2, 0) is 0 Å². The van der Waals surface area contributed by atoms with Crippen molar-refractivity contribution in [1.29, 1.82) is 0 Å². The molecule has 1 heterocycles. The van der Waals surface area contributed by atoms with Crippen molar-refractivity contribution in [3.63, 3.8) is 0 Å². The molecule has 3 N–H and O–H groups in total. The molecule has 0 amide bonds. The molecule has 1 saturated heterocycles. The zero-order chi connectivity index (χ0) is 12.1. The number of hydrogen-bond acceptors (Lipinski definition) is 4. The first-order valence-electron chi connectivity index (χ1n) is 5.90. The maximum absolute atomic E-state index is 8.64. The van der Waals surface area contributed by atoms with Crippen LogP contribution in [0.15, 0.2) is 5.16 Å². The Morgan fingerprint density at radius 2 is 2.06 bits per heavy atom. The van der Waals surface area contributed by atoms with E-state index in [9.17, 15) is 0 Å². The van der Waals surface area contributed by atoms with Crippen LogP contribution >= 0.6 is 0 Å². The highest BCUT2D eigenvalue weighted by molar-refractivity contribution is 5.84. The molecule has 1 fully saturated rings. The van der Waals surface area contributed by atoms with Crippen molar-refractivity contribution in [2.75, 3.05) is 33.7 Å². The Labute approximate surface area is 97.9 Å². The van der Waals surface area contributed by atoms with Crippen LogP contribution in [0.3, 0.4) is 0 Å². The number of nitrogens with zero attached hydrogens (tertiary/aromatic N) is 3. The van der Waals surface area contributed by atoms with E-state index in [4.69, 9.17) is 10.9 Å². The summed E-state index contributed by atoms with van der Waals surface area (Å²) in [4.78, 5) is 4.52. The molecule has 5 heteroatoms. The van der Waals surface area contributed by atoms with Crippen LogP contribution < -0.4 is 5.73 Å². The van der Waals surface area contributed by atoms with Crippen LogP contribution in [0.1, 0.15) is 19.8 Å². The second-order valence-electron chi connectivity index (χ2n) is 4.94. The topological polar surface area (TPSA) is 65.1 Å². The summed E-state index contributed by atoms with van der Waals surface area (Å²) >= 11 is 0. The summed E-state index contributed by atoms with van der Waals surface area (Å²) in [6.45, 7) is 5.22. The van der Waals surface area contributed by atoms with Gasteiger partial charge in [-0.2, -0.15) is 0 Å². The molecule has 1 aliphatic rings. The number of rotatable bonds is 4. The summed E-state index contributed by atoms with van der Waals surface area (Å²) in [7, 11) is 4.23. The fraction of sp³-hybridized carbons (Fsp3) is 0.909. The second kappa shape index (κ2) is 6.06. The molecular formula is C11H24N4O. The lowest BCUT2D eigenvalue weighted by Gasteiger charge is -2.36. The first-order chi connectivity index (χ1) is 7.54. The van der Waals surface area contributed by atoms with E-state index in [-0.39, 0.29) is 6.04 Å². The number of hydrogen-bond donors (Lipinski definition) is 2. The van der Waals surface area contributed by atoms with Gasteiger partial charge in [0.25, 0.3) is 0 Å². The van der Waals surface area contributed by atoms with Gasteiger partial charge in [0.1, 0.15) is 0 Å². The summed E-state index contributed by atoms with van der Waals surface area (Å²) < 4.78 is 0. The summed E-state index contributed by atoms with van der Waals surface area (Å²) in [5.74, 6) is 1.09. The van der Waals surface area contributed by atoms with Gasteiger partial charge in [0.05, 0.1) is 6.04 Å². The molecule has 0 saturated carbocycles. The van der Waals surface area contributed by atoms with E-state index in [2.05, 4.69) is 29.1 Å². The lowest BCUT2D eigenvalue weighted by atomic mass is 9.95. The molecular weight excluding hydrogens is 204 g/mol. The van der Waals surface area contributed by atoms with Crippen molar-refractivity contribution in [2.24, 2.45) is 16.8 Å². The average molecular weight is 228 g/mol. The smallest absolute Gasteiger partial charge is 0.156 e. The lowest BCUT2D eigenvalue weighted by molar-refractivity contribution is 0.149. The molecule has 1 atom stereocenters. The second-order valence-corrected chi connectivity index (χ2v) is 4.94. The number of oxime groups is 1. The summed E-state index contributed by atoms with van der Waals surface area (Å²) in [6.07, 6.45) is 2.39. The standard InChI is InChI=1S/C11H24N4O/c1-9(11(12)13-16)15-6-4-10(5-7-15)8-14(2)3/h9-10,16H,4-8H2,1-3H3,(H2,12,13). The molecule has 0 aromatic carbocycles. The Morgan fingerprint density at radius 1 is 1.50 bits per heavy atom. The van der Waals surface area contributed by atoms with Crippen LogP contribution in [-0.4, -0.2) is 60.6 Å². The van der Waals surface area contributed by atoms with Gasteiger partial charge in [0.2, 0.25) is 0 Å². The predicted octanol–water partition coefficient (Wildman–Crippen LogP) is 0.395.